The monoisotopic (exact) mass is 330 g/mol. The second-order valence-electron chi connectivity index (χ2n) is 6.17. The summed E-state index contributed by atoms with van der Waals surface area (Å²) in [5.74, 6) is 0.909. The Morgan fingerprint density at radius 2 is 2.26 bits per heavy atom. The van der Waals surface area contributed by atoms with Crippen LogP contribution in [-0.2, 0) is 6.54 Å². The zero-order chi connectivity index (χ0) is 16.1. The van der Waals surface area contributed by atoms with E-state index in [0.29, 0.717) is 12.6 Å². The standard InChI is InChI=1S/C18H26N4S/c1-14-4-7-20-9-10-22(14)13-15-2-3-17-16(12-15)5-8-21-18(17)23-11-6-19/h2-3,5,8,12,14,20H,4,6-7,9-11,13,19H2,1H3/t14-/m1/s1. The van der Waals surface area contributed by atoms with E-state index in [1.54, 1.807) is 11.8 Å². The predicted molar refractivity (Wildman–Crippen MR) is 98.9 cm³/mol. The van der Waals surface area contributed by atoms with Crippen molar-refractivity contribution in [2.45, 2.75) is 31.0 Å². The van der Waals surface area contributed by atoms with Crippen molar-refractivity contribution in [1.29, 1.82) is 0 Å². The van der Waals surface area contributed by atoms with Gasteiger partial charge in [0.15, 0.2) is 0 Å². The van der Waals surface area contributed by atoms with Gasteiger partial charge in [-0.3, -0.25) is 4.90 Å². The van der Waals surface area contributed by atoms with Gasteiger partial charge >= 0.3 is 0 Å². The van der Waals surface area contributed by atoms with Gasteiger partial charge in [-0.25, -0.2) is 4.98 Å². The summed E-state index contributed by atoms with van der Waals surface area (Å²) >= 11 is 1.74. The molecule has 0 amide bonds. The number of hydrogen-bond donors (Lipinski definition) is 2. The van der Waals surface area contributed by atoms with Crippen LogP contribution in [-0.4, -0.2) is 47.9 Å². The molecule has 3 N–H and O–H groups in total. The number of hydrogen-bond acceptors (Lipinski definition) is 5. The van der Waals surface area contributed by atoms with Crippen molar-refractivity contribution in [2.24, 2.45) is 5.73 Å². The molecule has 1 atom stereocenters. The molecule has 1 aliphatic rings. The van der Waals surface area contributed by atoms with Crippen LogP contribution in [0.15, 0.2) is 35.5 Å². The fraction of sp³-hybridized carbons (Fsp3) is 0.500. The van der Waals surface area contributed by atoms with Crippen molar-refractivity contribution in [1.82, 2.24) is 15.2 Å². The van der Waals surface area contributed by atoms with Crippen molar-refractivity contribution in [3.05, 3.63) is 36.0 Å². The summed E-state index contributed by atoms with van der Waals surface area (Å²) in [6.45, 7) is 7.37. The lowest BCUT2D eigenvalue weighted by Gasteiger charge is -2.26. The molecule has 23 heavy (non-hydrogen) atoms. The Balaban J connectivity index is 1.79. The number of thioether (sulfide) groups is 1. The van der Waals surface area contributed by atoms with Gasteiger partial charge in [0.1, 0.15) is 5.03 Å². The normalized spacial score (nSPS) is 19.8. The smallest absolute Gasteiger partial charge is 0.104 e. The zero-order valence-corrected chi connectivity index (χ0v) is 14.6. The van der Waals surface area contributed by atoms with Crippen molar-refractivity contribution in [2.75, 3.05) is 31.9 Å². The predicted octanol–water partition coefficient (Wildman–Crippen LogP) is 2.47. The molecule has 3 rings (SSSR count). The number of rotatable bonds is 5. The van der Waals surface area contributed by atoms with E-state index >= 15 is 0 Å². The summed E-state index contributed by atoms with van der Waals surface area (Å²) in [7, 11) is 0. The number of nitrogens with one attached hydrogen (secondary N) is 1. The number of fused-ring (bicyclic) bond motifs is 1. The lowest BCUT2D eigenvalue weighted by Crippen LogP contribution is -2.33. The molecule has 1 aromatic heterocycles. The maximum absolute atomic E-state index is 5.62. The lowest BCUT2D eigenvalue weighted by atomic mass is 10.1. The van der Waals surface area contributed by atoms with Crippen LogP contribution in [0.2, 0.25) is 0 Å². The zero-order valence-electron chi connectivity index (χ0n) is 13.8. The first-order valence-corrected chi connectivity index (χ1v) is 9.42. The van der Waals surface area contributed by atoms with E-state index < -0.39 is 0 Å². The molecule has 1 fully saturated rings. The molecule has 4 nitrogen and oxygen atoms in total. The number of aromatic nitrogens is 1. The first-order chi connectivity index (χ1) is 11.3. The van der Waals surface area contributed by atoms with E-state index in [2.05, 4.69) is 46.4 Å². The molecular formula is C18H26N4S. The molecule has 1 saturated heterocycles. The van der Waals surface area contributed by atoms with E-state index in [1.165, 1.54) is 22.8 Å². The van der Waals surface area contributed by atoms with E-state index in [9.17, 15) is 0 Å². The quantitative estimate of drug-likeness (QED) is 0.825. The summed E-state index contributed by atoms with van der Waals surface area (Å²) in [4.78, 5) is 7.08. The number of pyridine rings is 1. The molecule has 1 aromatic carbocycles. The minimum Gasteiger partial charge on any atom is -0.330 e. The Bertz CT molecular complexity index is 646. The van der Waals surface area contributed by atoms with Crippen molar-refractivity contribution in [3.63, 3.8) is 0 Å². The van der Waals surface area contributed by atoms with Crippen LogP contribution in [0.4, 0.5) is 0 Å². The molecule has 0 saturated carbocycles. The highest BCUT2D eigenvalue weighted by atomic mass is 32.2. The van der Waals surface area contributed by atoms with Gasteiger partial charge in [-0.2, -0.15) is 0 Å². The van der Waals surface area contributed by atoms with Crippen LogP contribution >= 0.6 is 11.8 Å². The Labute approximate surface area is 142 Å². The lowest BCUT2D eigenvalue weighted by molar-refractivity contribution is 0.211. The first-order valence-electron chi connectivity index (χ1n) is 8.43. The van der Waals surface area contributed by atoms with Gasteiger partial charge in [-0.1, -0.05) is 12.1 Å². The fourth-order valence-corrected chi connectivity index (χ4v) is 3.89. The Hall–Kier alpha value is -1.14. The van der Waals surface area contributed by atoms with Gasteiger partial charge in [0.05, 0.1) is 0 Å². The van der Waals surface area contributed by atoms with Gasteiger partial charge in [0.25, 0.3) is 0 Å². The molecule has 5 heteroatoms. The number of benzene rings is 1. The van der Waals surface area contributed by atoms with Gasteiger partial charge in [0.2, 0.25) is 0 Å². The topological polar surface area (TPSA) is 54.2 Å². The highest BCUT2D eigenvalue weighted by Gasteiger charge is 2.16. The van der Waals surface area contributed by atoms with E-state index in [4.69, 9.17) is 5.73 Å². The van der Waals surface area contributed by atoms with Crippen LogP contribution in [0.25, 0.3) is 10.8 Å². The molecule has 0 spiro atoms. The Morgan fingerprint density at radius 1 is 1.35 bits per heavy atom. The van der Waals surface area contributed by atoms with Crippen LogP contribution in [0, 0.1) is 0 Å². The summed E-state index contributed by atoms with van der Waals surface area (Å²) in [5.41, 5.74) is 7.00. The van der Waals surface area contributed by atoms with E-state index in [1.807, 2.05) is 6.20 Å². The minimum atomic E-state index is 0.633. The summed E-state index contributed by atoms with van der Waals surface area (Å²) in [6, 6.07) is 9.53. The first kappa shape index (κ1) is 16.7. The molecule has 2 aromatic rings. The summed E-state index contributed by atoms with van der Waals surface area (Å²) < 4.78 is 0. The minimum absolute atomic E-state index is 0.633. The van der Waals surface area contributed by atoms with Crippen molar-refractivity contribution >= 4 is 22.5 Å². The van der Waals surface area contributed by atoms with Crippen LogP contribution in [0.3, 0.4) is 0 Å². The number of nitrogens with zero attached hydrogens (tertiary/aromatic N) is 2. The summed E-state index contributed by atoms with van der Waals surface area (Å²) in [5, 5.41) is 7.09. The van der Waals surface area contributed by atoms with Crippen molar-refractivity contribution < 1.29 is 0 Å². The molecule has 124 valence electrons. The molecular weight excluding hydrogens is 304 g/mol. The third-order valence-electron chi connectivity index (χ3n) is 4.47. The SMILES string of the molecule is C[C@@H]1CCNCCN1Cc1ccc2c(SCCN)nccc2c1. The van der Waals surface area contributed by atoms with Gasteiger partial charge < -0.3 is 11.1 Å². The molecule has 0 bridgehead atoms. The van der Waals surface area contributed by atoms with Gasteiger partial charge in [0, 0.05) is 49.6 Å². The second kappa shape index (κ2) is 8.11. The molecule has 0 unspecified atom stereocenters. The van der Waals surface area contributed by atoms with Crippen molar-refractivity contribution in [3.8, 4) is 0 Å². The van der Waals surface area contributed by atoms with Crippen LogP contribution < -0.4 is 11.1 Å². The maximum Gasteiger partial charge on any atom is 0.104 e. The number of nitrogens with two attached hydrogens (primary N) is 1. The largest absolute Gasteiger partial charge is 0.330 e. The Kier molecular flexibility index (Phi) is 5.89. The second-order valence-corrected chi connectivity index (χ2v) is 7.25. The fourth-order valence-electron chi connectivity index (χ4n) is 3.10. The van der Waals surface area contributed by atoms with Crippen LogP contribution in [0.5, 0.6) is 0 Å². The molecule has 0 radical (unpaired) electrons. The van der Waals surface area contributed by atoms with Crippen LogP contribution in [0.1, 0.15) is 18.9 Å². The highest BCUT2D eigenvalue weighted by Crippen LogP contribution is 2.26. The Morgan fingerprint density at radius 3 is 3.13 bits per heavy atom. The molecule has 2 heterocycles. The average Bonchev–Trinajstić information content (AvgIpc) is 2.77. The van der Waals surface area contributed by atoms with Gasteiger partial charge in [-0.05, 0) is 43.0 Å². The third kappa shape index (κ3) is 4.23. The third-order valence-corrected chi connectivity index (χ3v) is 5.51. The average molecular weight is 331 g/mol. The highest BCUT2D eigenvalue weighted by molar-refractivity contribution is 7.99. The van der Waals surface area contributed by atoms with E-state index in [-0.39, 0.29) is 0 Å². The molecule has 0 aliphatic carbocycles. The maximum atomic E-state index is 5.62. The summed E-state index contributed by atoms with van der Waals surface area (Å²) in [6.07, 6.45) is 3.13. The van der Waals surface area contributed by atoms with E-state index in [0.717, 1.165) is 37.0 Å². The van der Waals surface area contributed by atoms with Gasteiger partial charge in [-0.15, -0.1) is 11.8 Å². The molecule has 1 aliphatic heterocycles.